The average molecular weight is 258 g/mol. The Morgan fingerprint density at radius 2 is 1.63 bits per heavy atom. The van der Waals surface area contributed by atoms with Crippen molar-refractivity contribution in [2.45, 2.75) is 60.3 Å². The predicted octanol–water partition coefficient (Wildman–Crippen LogP) is 5.08. The molecule has 1 aromatic rings. The molecule has 1 heteroatoms. The number of hydrogen-bond donors (Lipinski definition) is 0. The van der Waals surface area contributed by atoms with E-state index in [2.05, 4.69) is 46.8 Å². The average Bonchev–Trinajstić information content (AvgIpc) is 2.40. The van der Waals surface area contributed by atoms with Crippen LogP contribution in [0.2, 0.25) is 0 Å². The Balaban J connectivity index is 2.85. The highest BCUT2D eigenvalue weighted by molar-refractivity contribution is 5.69. The first kappa shape index (κ1) is 15.7. The first-order chi connectivity index (χ1) is 8.99. The maximum Gasteiger partial charge on any atom is 0.119 e. The van der Waals surface area contributed by atoms with Gasteiger partial charge in [-0.1, -0.05) is 12.1 Å². The molecule has 0 aliphatic heterocycles. The van der Waals surface area contributed by atoms with Gasteiger partial charge in [0, 0.05) is 6.42 Å². The van der Waals surface area contributed by atoms with Crippen molar-refractivity contribution >= 4 is 11.9 Å². The monoisotopic (exact) mass is 258 g/mol. The zero-order chi connectivity index (χ0) is 14.4. The fourth-order valence-electron chi connectivity index (χ4n) is 2.42. The van der Waals surface area contributed by atoms with Crippen LogP contribution in [0.1, 0.15) is 60.4 Å². The Hall–Kier alpha value is -1.37. The summed E-state index contributed by atoms with van der Waals surface area (Å²) in [4.78, 5) is 10.3. The highest BCUT2D eigenvalue weighted by Crippen LogP contribution is 2.26. The normalized spacial score (nSPS) is 11.7. The van der Waals surface area contributed by atoms with Crippen molar-refractivity contribution < 1.29 is 4.79 Å². The van der Waals surface area contributed by atoms with Gasteiger partial charge in [0.15, 0.2) is 0 Å². The Bertz CT molecular complexity index is 481. The van der Waals surface area contributed by atoms with Crippen LogP contribution in [0.3, 0.4) is 0 Å². The maximum atomic E-state index is 10.3. The number of benzene rings is 1. The van der Waals surface area contributed by atoms with Crippen molar-refractivity contribution in [3.05, 3.63) is 40.0 Å². The predicted molar refractivity (Wildman–Crippen MR) is 83.6 cm³/mol. The van der Waals surface area contributed by atoms with Crippen LogP contribution in [-0.4, -0.2) is 6.29 Å². The molecule has 0 amide bonds. The first-order valence-corrected chi connectivity index (χ1v) is 7.17. The molecule has 0 spiro atoms. The zero-order valence-corrected chi connectivity index (χ0v) is 13.0. The fourth-order valence-corrected chi connectivity index (χ4v) is 2.42. The highest BCUT2D eigenvalue weighted by atomic mass is 16.1. The van der Waals surface area contributed by atoms with Gasteiger partial charge in [0.25, 0.3) is 0 Å². The topological polar surface area (TPSA) is 17.1 Å². The maximum absolute atomic E-state index is 10.3. The quantitative estimate of drug-likeness (QED) is 0.513. The molecule has 0 bridgehead atoms. The zero-order valence-electron chi connectivity index (χ0n) is 13.0. The van der Waals surface area contributed by atoms with Gasteiger partial charge < -0.3 is 4.79 Å². The van der Waals surface area contributed by atoms with Gasteiger partial charge in [0.1, 0.15) is 6.29 Å². The summed E-state index contributed by atoms with van der Waals surface area (Å²) in [6.45, 7) is 11.0. The van der Waals surface area contributed by atoms with Gasteiger partial charge in [-0.15, -0.1) is 0 Å². The molecule has 1 rings (SSSR count). The fraction of sp³-hybridized carbons (Fsp3) is 0.500. The number of aryl methyl sites for hydroxylation is 1. The van der Waals surface area contributed by atoms with Crippen LogP contribution in [0.5, 0.6) is 0 Å². The molecule has 0 N–H and O–H groups in total. The van der Waals surface area contributed by atoms with Crippen molar-refractivity contribution in [1.29, 1.82) is 0 Å². The summed E-state index contributed by atoms with van der Waals surface area (Å²) in [5.74, 6) is 0. The number of allylic oxidation sites excluding steroid dienone is 2. The summed E-state index contributed by atoms with van der Waals surface area (Å²) in [6.07, 6.45) is 7.16. The van der Waals surface area contributed by atoms with Crippen molar-refractivity contribution in [3.8, 4) is 0 Å². The van der Waals surface area contributed by atoms with Gasteiger partial charge in [0.2, 0.25) is 0 Å². The van der Waals surface area contributed by atoms with E-state index in [0.717, 1.165) is 25.5 Å². The van der Waals surface area contributed by atoms with E-state index in [-0.39, 0.29) is 0 Å². The molecule has 0 saturated heterocycles. The third-order valence-electron chi connectivity index (χ3n) is 4.13. The minimum Gasteiger partial charge on any atom is -0.303 e. The van der Waals surface area contributed by atoms with Gasteiger partial charge in [-0.05, 0) is 87.3 Å². The smallest absolute Gasteiger partial charge is 0.119 e. The molecule has 0 aliphatic rings. The lowest BCUT2D eigenvalue weighted by Gasteiger charge is -2.15. The third-order valence-corrected chi connectivity index (χ3v) is 4.13. The highest BCUT2D eigenvalue weighted by Gasteiger charge is 2.08. The van der Waals surface area contributed by atoms with Gasteiger partial charge in [-0.25, -0.2) is 0 Å². The molecule has 0 heterocycles. The number of rotatable bonds is 6. The van der Waals surface area contributed by atoms with Crippen molar-refractivity contribution in [1.82, 2.24) is 0 Å². The number of unbranched alkanes of at least 4 members (excludes halogenated alkanes) is 3. The minimum atomic E-state index is 0.689. The summed E-state index contributed by atoms with van der Waals surface area (Å²) >= 11 is 0. The standard InChI is InChI=1S/C18H26O/c1-13(10-8-6-7-9-11-19)18-12-14(2)15(3)16(4)17(18)5/h10-12H,6-9H2,1-5H3/b13-10+. The van der Waals surface area contributed by atoms with Crippen LogP contribution < -0.4 is 0 Å². The van der Waals surface area contributed by atoms with Crippen LogP contribution in [0.15, 0.2) is 12.1 Å². The summed E-state index contributed by atoms with van der Waals surface area (Å²) < 4.78 is 0. The molecule has 19 heavy (non-hydrogen) atoms. The molecule has 0 atom stereocenters. The van der Waals surface area contributed by atoms with Crippen LogP contribution in [0.4, 0.5) is 0 Å². The van der Waals surface area contributed by atoms with E-state index in [1.165, 1.54) is 33.4 Å². The Morgan fingerprint density at radius 1 is 1.00 bits per heavy atom. The van der Waals surface area contributed by atoms with Crippen molar-refractivity contribution in [2.24, 2.45) is 0 Å². The molecule has 1 aromatic carbocycles. The number of carbonyl (C=O) groups is 1. The number of aldehydes is 1. The number of carbonyl (C=O) groups excluding carboxylic acids is 1. The second-order valence-corrected chi connectivity index (χ2v) is 5.45. The van der Waals surface area contributed by atoms with Crippen LogP contribution in [0, 0.1) is 27.7 Å². The molecule has 1 nitrogen and oxygen atoms in total. The van der Waals surface area contributed by atoms with Crippen molar-refractivity contribution in [3.63, 3.8) is 0 Å². The van der Waals surface area contributed by atoms with E-state index < -0.39 is 0 Å². The number of hydrogen-bond acceptors (Lipinski definition) is 1. The minimum absolute atomic E-state index is 0.689. The van der Waals surface area contributed by atoms with Crippen LogP contribution in [0.25, 0.3) is 5.57 Å². The van der Waals surface area contributed by atoms with Crippen LogP contribution in [-0.2, 0) is 4.79 Å². The van der Waals surface area contributed by atoms with Gasteiger partial charge in [-0.3, -0.25) is 0 Å². The van der Waals surface area contributed by atoms with E-state index in [9.17, 15) is 4.79 Å². The van der Waals surface area contributed by atoms with Gasteiger partial charge in [0.05, 0.1) is 0 Å². The first-order valence-electron chi connectivity index (χ1n) is 7.17. The Labute approximate surface area is 117 Å². The molecule has 104 valence electrons. The Kier molecular flexibility index (Phi) is 6.01. The van der Waals surface area contributed by atoms with Gasteiger partial charge in [-0.2, -0.15) is 0 Å². The van der Waals surface area contributed by atoms with E-state index in [4.69, 9.17) is 0 Å². The molecular formula is C18H26O. The molecule has 0 saturated carbocycles. The van der Waals surface area contributed by atoms with Crippen molar-refractivity contribution in [2.75, 3.05) is 0 Å². The second kappa shape index (κ2) is 7.28. The summed E-state index contributed by atoms with van der Waals surface area (Å²) in [6, 6.07) is 2.30. The molecule has 0 radical (unpaired) electrons. The van der Waals surface area contributed by atoms with E-state index in [1.807, 2.05) is 0 Å². The van der Waals surface area contributed by atoms with Gasteiger partial charge >= 0.3 is 0 Å². The SMILES string of the molecule is C/C(=C\CCCCC=O)c1cc(C)c(C)c(C)c1C. The van der Waals surface area contributed by atoms with E-state index in [0.29, 0.717) is 6.42 Å². The lowest BCUT2D eigenvalue weighted by Crippen LogP contribution is -1.96. The largest absolute Gasteiger partial charge is 0.303 e. The summed E-state index contributed by atoms with van der Waals surface area (Å²) in [5, 5.41) is 0. The lowest BCUT2D eigenvalue weighted by atomic mass is 9.91. The Morgan fingerprint density at radius 3 is 2.26 bits per heavy atom. The van der Waals surface area contributed by atoms with E-state index in [1.54, 1.807) is 0 Å². The summed E-state index contributed by atoms with van der Waals surface area (Å²) in [7, 11) is 0. The lowest BCUT2D eigenvalue weighted by molar-refractivity contribution is -0.107. The summed E-state index contributed by atoms with van der Waals surface area (Å²) in [5.41, 5.74) is 8.30. The third kappa shape index (κ3) is 4.05. The molecule has 0 aliphatic carbocycles. The van der Waals surface area contributed by atoms with Crippen LogP contribution >= 0.6 is 0 Å². The van der Waals surface area contributed by atoms with E-state index >= 15 is 0 Å². The molecule has 0 fully saturated rings. The molecule has 0 unspecified atom stereocenters. The second-order valence-electron chi connectivity index (χ2n) is 5.45. The molecular weight excluding hydrogens is 232 g/mol. The molecule has 0 aromatic heterocycles.